The van der Waals surface area contributed by atoms with E-state index >= 15 is 0 Å². The maximum atomic E-state index is 13.7. The lowest BCUT2D eigenvalue weighted by Crippen LogP contribution is -2.24. The van der Waals surface area contributed by atoms with E-state index in [-0.39, 0.29) is 17.9 Å². The van der Waals surface area contributed by atoms with Crippen molar-refractivity contribution in [1.82, 2.24) is 9.55 Å². The Morgan fingerprint density at radius 1 is 1.17 bits per heavy atom. The van der Waals surface area contributed by atoms with E-state index in [9.17, 15) is 9.59 Å². The van der Waals surface area contributed by atoms with Gasteiger partial charge in [-0.25, -0.2) is 4.98 Å². The quantitative estimate of drug-likeness (QED) is 0.377. The van der Waals surface area contributed by atoms with Gasteiger partial charge in [0.05, 0.1) is 12.5 Å². The first-order valence-electron chi connectivity index (χ1n) is 9.71. The molecule has 0 aliphatic rings. The minimum Gasteiger partial charge on any atom is -0.469 e. The van der Waals surface area contributed by atoms with Gasteiger partial charge in [-0.2, -0.15) is 0 Å². The van der Waals surface area contributed by atoms with Crippen LogP contribution in [0.15, 0.2) is 46.6 Å². The van der Waals surface area contributed by atoms with Crippen molar-refractivity contribution in [3.8, 4) is 21.8 Å². The van der Waals surface area contributed by atoms with Gasteiger partial charge in [-0.15, -0.1) is 22.7 Å². The number of hydrogen-bond acceptors (Lipinski definition) is 6. The number of ether oxygens (including phenoxy) is 1. The number of carbonyl (C=O) groups excluding carboxylic acids is 1. The monoisotopic (exact) mass is 438 g/mol. The summed E-state index contributed by atoms with van der Waals surface area (Å²) in [5, 5.41) is 2.68. The van der Waals surface area contributed by atoms with Gasteiger partial charge in [0.2, 0.25) is 0 Å². The van der Waals surface area contributed by atoms with E-state index in [1.54, 1.807) is 27.2 Å². The number of methoxy groups -OCH3 is 1. The minimum atomic E-state index is -0.278. The Morgan fingerprint density at radius 3 is 2.60 bits per heavy atom. The summed E-state index contributed by atoms with van der Waals surface area (Å²) in [6.07, 6.45) is 0.769. The molecule has 30 heavy (non-hydrogen) atoms. The van der Waals surface area contributed by atoms with Crippen LogP contribution in [0, 0.1) is 13.8 Å². The zero-order valence-corrected chi connectivity index (χ0v) is 18.7. The molecule has 0 spiro atoms. The molecule has 4 rings (SSSR count). The summed E-state index contributed by atoms with van der Waals surface area (Å²) in [5.41, 5.74) is 2.95. The van der Waals surface area contributed by atoms with Crippen LogP contribution in [-0.2, 0) is 16.1 Å². The zero-order valence-electron chi connectivity index (χ0n) is 17.1. The van der Waals surface area contributed by atoms with E-state index in [0.29, 0.717) is 24.2 Å². The number of fused-ring (bicyclic) bond motifs is 1. The van der Waals surface area contributed by atoms with Crippen molar-refractivity contribution in [3.63, 3.8) is 0 Å². The Morgan fingerprint density at radius 2 is 1.93 bits per heavy atom. The first kappa shape index (κ1) is 20.5. The molecule has 154 valence electrons. The van der Waals surface area contributed by atoms with E-state index in [2.05, 4.69) is 0 Å². The van der Waals surface area contributed by atoms with Crippen molar-refractivity contribution in [3.05, 3.63) is 62.6 Å². The van der Waals surface area contributed by atoms with Crippen LogP contribution in [0.3, 0.4) is 0 Å². The maximum Gasteiger partial charge on any atom is 0.305 e. The molecule has 3 aromatic heterocycles. The van der Waals surface area contributed by atoms with Gasteiger partial charge < -0.3 is 4.74 Å². The summed E-state index contributed by atoms with van der Waals surface area (Å²) in [4.78, 5) is 33.1. The third-order valence-corrected chi connectivity index (χ3v) is 6.94. The second kappa shape index (κ2) is 8.53. The third-order valence-electron chi connectivity index (χ3n) is 5.06. The summed E-state index contributed by atoms with van der Waals surface area (Å²) >= 11 is 3.17. The summed E-state index contributed by atoms with van der Waals surface area (Å²) < 4.78 is 6.46. The number of hydrogen-bond donors (Lipinski definition) is 0. The summed E-state index contributed by atoms with van der Waals surface area (Å²) in [7, 11) is 1.38. The third kappa shape index (κ3) is 3.82. The summed E-state index contributed by atoms with van der Waals surface area (Å²) in [5.74, 6) is 0.357. The molecule has 1 aromatic carbocycles. The normalized spacial score (nSPS) is 11.2. The average Bonchev–Trinajstić information content (AvgIpc) is 3.37. The highest BCUT2D eigenvalue weighted by atomic mass is 32.1. The molecule has 3 heterocycles. The fourth-order valence-corrected chi connectivity index (χ4v) is 5.45. The molecule has 0 saturated carbocycles. The molecule has 0 N–H and O–H groups in total. The van der Waals surface area contributed by atoms with Gasteiger partial charge >= 0.3 is 5.97 Å². The largest absolute Gasteiger partial charge is 0.469 e. The number of rotatable bonds is 6. The Hall–Kier alpha value is -2.77. The number of carbonyl (C=O) groups is 1. The van der Waals surface area contributed by atoms with Crippen molar-refractivity contribution >= 4 is 38.9 Å². The lowest BCUT2D eigenvalue weighted by atomic mass is 10.1. The van der Waals surface area contributed by atoms with Crippen LogP contribution >= 0.6 is 22.7 Å². The molecule has 0 radical (unpaired) electrons. The number of aryl methyl sites for hydroxylation is 2. The molecule has 0 saturated heterocycles. The Balaban J connectivity index is 1.91. The summed E-state index contributed by atoms with van der Waals surface area (Å²) in [6, 6.07) is 12.0. The van der Waals surface area contributed by atoms with Crippen molar-refractivity contribution < 1.29 is 9.53 Å². The van der Waals surface area contributed by atoms with Crippen LogP contribution in [0.4, 0.5) is 0 Å². The van der Waals surface area contributed by atoms with Gasteiger partial charge in [0.25, 0.3) is 5.56 Å². The topological polar surface area (TPSA) is 61.2 Å². The van der Waals surface area contributed by atoms with E-state index in [1.165, 1.54) is 7.11 Å². The number of esters is 1. The fraction of sp³-hybridized carbons (Fsp3) is 0.261. The molecule has 0 aliphatic heterocycles. The number of aromatic nitrogens is 2. The highest BCUT2D eigenvalue weighted by molar-refractivity contribution is 7.20. The second-order valence-corrected chi connectivity index (χ2v) is 9.28. The van der Waals surface area contributed by atoms with Crippen LogP contribution in [0.5, 0.6) is 0 Å². The molecule has 0 fully saturated rings. The maximum absolute atomic E-state index is 13.7. The van der Waals surface area contributed by atoms with Crippen LogP contribution in [-0.4, -0.2) is 22.6 Å². The van der Waals surface area contributed by atoms with E-state index in [0.717, 1.165) is 31.3 Å². The molecule has 0 aliphatic carbocycles. The van der Waals surface area contributed by atoms with Crippen molar-refractivity contribution in [2.24, 2.45) is 0 Å². The molecule has 0 atom stereocenters. The summed E-state index contributed by atoms with van der Waals surface area (Å²) in [6.45, 7) is 4.46. The molecule has 5 nitrogen and oxygen atoms in total. The van der Waals surface area contributed by atoms with Gasteiger partial charge in [0.15, 0.2) is 0 Å². The van der Waals surface area contributed by atoms with E-state index < -0.39 is 0 Å². The van der Waals surface area contributed by atoms with Gasteiger partial charge in [0.1, 0.15) is 10.7 Å². The van der Waals surface area contributed by atoms with Crippen molar-refractivity contribution in [2.45, 2.75) is 33.2 Å². The van der Waals surface area contributed by atoms with Gasteiger partial charge in [0, 0.05) is 33.8 Å². The lowest BCUT2D eigenvalue weighted by Gasteiger charge is -2.13. The molecule has 7 heteroatoms. The van der Waals surface area contributed by atoms with E-state index in [4.69, 9.17) is 9.72 Å². The number of benzene rings is 1. The predicted octanol–water partition coefficient (Wildman–Crippen LogP) is 5.42. The molecule has 4 aromatic rings. The van der Waals surface area contributed by atoms with Crippen molar-refractivity contribution in [1.29, 1.82) is 0 Å². The van der Waals surface area contributed by atoms with Crippen molar-refractivity contribution in [2.75, 3.05) is 7.11 Å². The molecule has 0 bridgehead atoms. The van der Waals surface area contributed by atoms with Gasteiger partial charge in [-0.05, 0) is 31.7 Å². The average molecular weight is 439 g/mol. The smallest absolute Gasteiger partial charge is 0.305 e. The van der Waals surface area contributed by atoms with Crippen LogP contribution in [0.25, 0.3) is 32.0 Å². The van der Waals surface area contributed by atoms with Gasteiger partial charge in [-0.1, -0.05) is 35.9 Å². The van der Waals surface area contributed by atoms with Crippen LogP contribution in [0.1, 0.15) is 23.3 Å². The van der Waals surface area contributed by atoms with Crippen LogP contribution < -0.4 is 5.56 Å². The zero-order chi connectivity index (χ0) is 21.3. The molecule has 0 amide bonds. The lowest BCUT2D eigenvalue weighted by molar-refractivity contribution is -0.140. The highest BCUT2D eigenvalue weighted by Gasteiger charge is 2.21. The van der Waals surface area contributed by atoms with Crippen LogP contribution in [0.2, 0.25) is 0 Å². The van der Waals surface area contributed by atoms with E-state index in [1.807, 2.05) is 55.6 Å². The standard InChI is InChI=1S/C23H22N2O3S2/c1-14-8-10-16(11-9-14)21-24-22-20(19(15(2)30-22)17-6-5-13-29-17)23(27)25(21)12-4-7-18(26)28-3/h5-6,8-11,13H,4,7,12H2,1-3H3. The first-order chi connectivity index (χ1) is 14.5. The minimum absolute atomic E-state index is 0.0619. The molecular formula is C23H22N2O3S2. The first-order valence-corrected chi connectivity index (χ1v) is 11.4. The predicted molar refractivity (Wildman–Crippen MR) is 123 cm³/mol. The molecular weight excluding hydrogens is 416 g/mol. The Kier molecular flexibility index (Phi) is 5.83. The second-order valence-electron chi connectivity index (χ2n) is 7.13. The Bertz CT molecular complexity index is 1250. The Labute approximate surface area is 182 Å². The fourth-order valence-electron chi connectivity index (χ4n) is 3.53. The molecule has 0 unspecified atom stereocenters. The number of thiophene rings is 2. The highest BCUT2D eigenvalue weighted by Crippen LogP contribution is 2.38. The number of nitrogens with zero attached hydrogens (tertiary/aromatic N) is 2. The SMILES string of the molecule is COC(=O)CCCn1c(-c2ccc(C)cc2)nc2sc(C)c(-c3cccs3)c2c1=O. The van der Waals surface area contributed by atoms with Gasteiger partial charge in [-0.3, -0.25) is 14.2 Å².